The fraction of sp³-hybridized carbons (Fsp3) is 0.192. The predicted molar refractivity (Wildman–Crippen MR) is 122 cm³/mol. The van der Waals surface area contributed by atoms with Gasteiger partial charge in [-0.05, 0) is 67.1 Å². The van der Waals surface area contributed by atoms with Gasteiger partial charge in [-0.3, -0.25) is 19.5 Å². The number of aliphatic hydroxyl groups is 1. The smallest absolute Gasteiger partial charge is 0.507 e. The molecule has 2 unspecified atom stereocenters. The lowest BCUT2D eigenvalue weighted by Crippen LogP contribution is -2.29. The molecule has 7 nitrogen and oxygen atoms in total. The molecule has 1 fully saturated rings. The van der Waals surface area contributed by atoms with E-state index >= 15 is 0 Å². The summed E-state index contributed by atoms with van der Waals surface area (Å²) < 4.78 is 47.3. The molecule has 5 rings (SSSR count). The first-order chi connectivity index (χ1) is 17.1. The van der Waals surface area contributed by atoms with Gasteiger partial charge >= 0.3 is 6.36 Å². The number of ether oxygens (including phenoxy) is 2. The van der Waals surface area contributed by atoms with Crippen molar-refractivity contribution < 1.29 is 37.3 Å². The normalized spacial score (nSPS) is 20.8. The number of benzene rings is 2. The van der Waals surface area contributed by atoms with Crippen molar-refractivity contribution in [2.24, 2.45) is 0 Å². The first-order valence-electron chi connectivity index (χ1n) is 11.0. The number of aromatic nitrogens is 1. The van der Waals surface area contributed by atoms with E-state index < -0.39 is 29.8 Å². The molecule has 2 atom stereocenters. The van der Waals surface area contributed by atoms with E-state index in [1.54, 1.807) is 36.4 Å². The lowest BCUT2D eigenvalue weighted by molar-refractivity contribution is -0.274. The molecular formula is C26H19F3N2O5. The molecule has 3 aromatic rings. The molecule has 2 aromatic carbocycles. The number of pyridine rings is 1. The molecule has 1 aromatic heterocycles. The summed E-state index contributed by atoms with van der Waals surface area (Å²) in [6.45, 7) is 1.91. The molecule has 0 aliphatic carbocycles. The van der Waals surface area contributed by atoms with Gasteiger partial charge < -0.3 is 14.6 Å². The minimum Gasteiger partial charge on any atom is -0.507 e. The molecule has 36 heavy (non-hydrogen) atoms. The number of fused-ring (bicyclic) bond motifs is 1. The van der Waals surface area contributed by atoms with Crippen LogP contribution in [-0.4, -0.2) is 34.2 Å². The number of amides is 1. The van der Waals surface area contributed by atoms with E-state index in [0.29, 0.717) is 23.4 Å². The largest absolute Gasteiger partial charge is 0.573 e. The topological polar surface area (TPSA) is 89.0 Å². The average molecular weight is 496 g/mol. The highest BCUT2D eigenvalue weighted by molar-refractivity contribution is 6.51. The van der Waals surface area contributed by atoms with Crippen molar-refractivity contribution in [1.82, 2.24) is 4.98 Å². The van der Waals surface area contributed by atoms with Gasteiger partial charge in [-0.15, -0.1) is 13.2 Å². The van der Waals surface area contributed by atoms with Crippen LogP contribution in [0.2, 0.25) is 0 Å². The molecule has 10 heteroatoms. The average Bonchev–Trinajstić information content (AvgIpc) is 3.34. The Morgan fingerprint density at radius 1 is 1.11 bits per heavy atom. The number of aliphatic hydroxyl groups excluding tert-OH is 1. The van der Waals surface area contributed by atoms with Crippen LogP contribution in [-0.2, 0) is 16.0 Å². The maximum absolute atomic E-state index is 13.2. The summed E-state index contributed by atoms with van der Waals surface area (Å²) >= 11 is 0. The third-order valence-electron chi connectivity index (χ3n) is 5.93. The van der Waals surface area contributed by atoms with E-state index in [-0.39, 0.29) is 23.1 Å². The minimum absolute atomic E-state index is 0.0270. The second kappa shape index (κ2) is 8.71. The van der Waals surface area contributed by atoms with Crippen LogP contribution in [0.25, 0.3) is 5.76 Å². The van der Waals surface area contributed by atoms with E-state index in [1.807, 2.05) is 6.92 Å². The Morgan fingerprint density at radius 3 is 2.53 bits per heavy atom. The van der Waals surface area contributed by atoms with Crippen LogP contribution in [0, 0.1) is 0 Å². The van der Waals surface area contributed by atoms with Crippen molar-refractivity contribution in [1.29, 1.82) is 0 Å². The fourth-order valence-corrected chi connectivity index (χ4v) is 4.45. The number of ketones is 1. The molecule has 2 aliphatic rings. The second-order valence-corrected chi connectivity index (χ2v) is 8.42. The Morgan fingerprint density at radius 2 is 1.86 bits per heavy atom. The summed E-state index contributed by atoms with van der Waals surface area (Å²) in [7, 11) is 0. The zero-order chi connectivity index (χ0) is 25.6. The van der Waals surface area contributed by atoms with Crippen LogP contribution in [0.1, 0.15) is 29.8 Å². The van der Waals surface area contributed by atoms with Crippen LogP contribution < -0.4 is 14.4 Å². The molecular weight excluding hydrogens is 477 g/mol. The maximum Gasteiger partial charge on any atom is 0.573 e. The van der Waals surface area contributed by atoms with E-state index in [2.05, 4.69) is 9.72 Å². The van der Waals surface area contributed by atoms with Crippen molar-refractivity contribution in [3.8, 4) is 11.5 Å². The molecule has 184 valence electrons. The number of hydrogen-bond donors (Lipinski definition) is 1. The molecule has 3 heterocycles. The summed E-state index contributed by atoms with van der Waals surface area (Å²) in [5, 5.41) is 11.2. The Kier molecular flexibility index (Phi) is 5.66. The number of carbonyl (C=O) groups excluding carboxylic acids is 2. The fourth-order valence-electron chi connectivity index (χ4n) is 4.45. The summed E-state index contributed by atoms with van der Waals surface area (Å²) in [5.74, 6) is -2.07. The number of Topliss-reactive ketones (excluding diaryl/α,β-unsaturated/α-hetero) is 1. The molecule has 1 amide bonds. The van der Waals surface area contributed by atoms with Crippen LogP contribution in [0.4, 0.5) is 18.9 Å². The van der Waals surface area contributed by atoms with Crippen molar-refractivity contribution in [2.45, 2.75) is 31.9 Å². The van der Waals surface area contributed by atoms with E-state index in [4.69, 9.17) is 4.74 Å². The lowest BCUT2D eigenvalue weighted by Gasteiger charge is -2.24. The predicted octanol–water partition coefficient (Wildman–Crippen LogP) is 4.93. The quantitative estimate of drug-likeness (QED) is 0.313. The van der Waals surface area contributed by atoms with Crippen LogP contribution in [0.3, 0.4) is 0 Å². The number of alkyl halides is 3. The van der Waals surface area contributed by atoms with Crippen LogP contribution in [0.5, 0.6) is 11.5 Å². The Balaban J connectivity index is 1.60. The van der Waals surface area contributed by atoms with Gasteiger partial charge in [0.1, 0.15) is 29.4 Å². The highest BCUT2D eigenvalue weighted by atomic mass is 19.4. The molecule has 0 saturated carbocycles. The number of anilines is 1. The first-order valence-corrected chi connectivity index (χ1v) is 11.0. The van der Waals surface area contributed by atoms with Gasteiger partial charge in [0, 0.05) is 23.9 Å². The molecule has 0 radical (unpaired) electrons. The summed E-state index contributed by atoms with van der Waals surface area (Å²) in [6, 6.07) is 13.3. The van der Waals surface area contributed by atoms with Crippen molar-refractivity contribution in [2.75, 3.05) is 4.90 Å². The van der Waals surface area contributed by atoms with E-state index in [1.165, 1.54) is 18.3 Å². The molecule has 1 saturated heterocycles. The van der Waals surface area contributed by atoms with Crippen LogP contribution >= 0.6 is 0 Å². The molecule has 1 N–H and O–H groups in total. The number of carbonyl (C=O) groups is 2. The third kappa shape index (κ3) is 4.26. The second-order valence-electron chi connectivity index (χ2n) is 8.42. The number of nitrogens with zero attached hydrogens (tertiary/aromatic N) is 2. The highest BCUT2D eigenvalue weighted by Gasteiger charge is 2.47. The van der Waals surface area contributed by atoms with Gasteiger partial charge in [-0.1, -0.05) is 6.07 Å². The van der Waals surface area contributed by atoms with Crippen LogP contribution in [0.15, 0.2) is 72.4 Å². The van der Waals surface area contributed by atoms with E-state index in [0.717, 1.165) is 22.6 Å². The standard InChI is InChI=1S/C26H19F3N2O5/c1-14-12-16-13-15(5-10-20(16)35-14)23(32)21-22(19-4-2-3-11-30-19)31(25(34)24(21)33)17-6-8-18(9-7-17)36-26(27,28)29/h2-11,13-14,22,32H,12H2,1H3/b23-21-. The van der Waals surface area contributed by atoms with Crippen molar-refractivity contribution in [3.63, 3.8) is 0 Å². The minimum atomic E-state index is -4.88. The Bertz CT molecular complexity index is 1370. The maximum atomic E-state index is 13.2. The molecule has 0 bridgehead atoms. The van der Waals surface area contributed by atoms with Gasteiger partial charge in [-0.25, -0.2) is 0 Å². The SMILES string of the molecule is CC1Cc2cc(/C(O)=C3/C(=O)C(=O)N(c4ccc(OC(F)(F)F)cc4)C3c3ccccn3)ccc2O1. The van der Waals surface area contributed by atoms with Gasteiger partial charge in [-0.2, -0.15) is 0 Å². The molecule has 0 spiro atoms. The number of halogens is 3. The Labute approximate surface area is 203 Å². The Hall–Kier alpha value is -4.34. The van der Waals surface area contributed by atoms with Crippen molar-refractivity contribution in [3.05, 3.63) is 89.3 Å². The van der Waals surface area contributed by atoms with Crippen molar-refractivity contribution >= 4 is 23.1 Å². The third-order valence-corrected chi connectivity index (χ3v) is 5.93. The molecule has 2 aliphatic heterocycles. The van der Waals surface area contributed by atoms with E-state index in [9.17, 15) is 27.9 Å². The first kappa shape index (κ1) is 23.4. The number of hydrogen-bond acceptors (Lipinski definition) is 6. The van der Waals surface area contributed by atoms with Gasteiger partial charge in [0.25, 0.3) is 11.7 Å². The van der Waals surface area contributed by atoms with Gasteiger partial charge in [0.2, 0.25) is 0 Å². The summed E-state index contributed by atoms with van der Waals surface area (Å²) in [6.07, 6.45) is -2.80. The highest BCUT2D eigenvalue weighted by Crippen LogP contribution is 2.42. The summed E-state index contributed by atoms with van der Waals surface area (Å²) in [5.41, 5.74) is 1.44. The monoisotopic (exact) mass is 496 g/mol. The lowest BCUT2D eigenvalue weighted by atomic mass is 9.96. The van der Waals surface area contributed by atoms with Gasteiger partial charge in [0.15, 0.2) is 0 Å². The number of rotatable bonds is 4. The van der Waals surface area contributed by atoms with Gasteiger partial charge in [0.05, 0.1) is 11.3 Å². The zero-order valence-electron chi connectivity index (χ0n) is 18.8. The summed E-state index contributed by atoms with van der Waals surface area (Å²) in [4.78, 5) is 31.7. The zero-order valence-corrected chi connectivity index (χ0v) is 18.8.